The summed E-state index contributed by atoms with van der Waals surface area (Å²) in [7, 11) is 0. The number of ether oxygens (including phenoxy) is 1. The Morgan fingerprint density at radius 1 is 1.45 bits per heavy atom. The van der Waals surface area contributed by atoms with Crippen LogP contribution in [0.1, 0.15) is 51.1 Å². The second-order valence-corrected chi connectivity index (χ2v) is 7.63. The third kappa shape index (κ3) is 3.80. The Labute approximate surface area is 135 Å². The van der Waals surface area contributed by atoms with Crippen molar-refractivity contribution in [2.45, 2.75) is 58.7 Å². The highest BCUT2D eigenvalue weighted by molar-refractivity contribution is 7.10. The minimum absolute atomic E-state index is 0.0467. The summed E-state index contributed by atoms with van der Waals surface area (Å²) in [5, 5.41) is 4.69. The summed E-state index contributed by atoms with van der Waals surface area (Å²) in [5.41, 5.74) is 0.644. The number of hydrogen-bond donors (Lipinski definition) is 1. The Hall–Kier alpha value is -1.56. The zero-order valence-corrected chi connectivity index (χ0v) is 14.6. The van der Waals surface area contributed by atoms with Crippen molar-refractivity contribution < 1.29 is 14.3 Å². The highest BCUT2D eigenvalue weighted by Gasteiger charge is 2.32. The predicted octanol–water partition coefficient (Wildman–Crippen LogP) is 3.11. The van der Waals surface area contributed by atoms with Gasteiger partial charge in [0.2, 0.25) is 5.91 Å². The van der Waals surface area contributed by atoms with Crippen molar-refractivity contribution >= 4 is 23.3 Å². The minimum atomic E-state index is -0.600. The van der Waals surface area contributed by atoms with E-state index in [1.807, 2.05) is 11.8 Å². The molecule has 2 heterocycles. The SMILES string of the molecule is CC1c2ccsc2CCN1C(=O)[C@@H](C)NC(=O)OC(C)(C)C. The van der Waals surface area contributed by atoms with Gasteiger partial charge in [0.05, 0.1) is 6.04 Å². The van der Waals surface area contributed by atoms with E-state index in [0.717, 1.165) is 6.42 Å². The fourth-order valence-corrected chi connectivity index (χ4v) is 3.57. The normalized spacial score (nSPS) is 19.3. The Morgan fingerprint density at radius 3 is 2.77 bits per heavy atom. The van der Waals surface area contributed by atoms with Gasteiger partial charge in [-0.05, 0) is 58.0 Å². The standard InChI is InChI=1S/C16H24N2O3S/c1-10(17-15(20)21-16(3,4)5)14(19)18-8-6-13-12(11(18)2)7-9-22-13/h7,9-11H,6,8H2,1-5H3,(H,17,20)/t10-,11?/m1/s1. The van der Waals surface area contributed by atoms with Crippen molar-refractivity contribution in [2.75, 3.05) is 6.54 Å². The van der Waals surface area contributed by atoms with E-state index in [9.17, 15) is 9.59 Å². The van der Waals surface area contributed by atoms with E-state index in [2.05, 4.69) is 16.8 Å². The maximum Gasteiger partial charge on any atom is 0.408 e. The van der Waals surface area contributed by atoms with Crippen LogP contribution in [0.15, 0.2) is 11.4 Å². The van der Waals surface area contributed by atoms with Gasteiger partial charge in [0.25, 0.3) is 0 Å². The maximum absolute atomic E-state index is 12.6. The van der Waals surface area contributed by atoms with Gasteiger partial charge in [0.15, 0.2) is 0 Å². The lowest BCUT2D eigenvalue weighted by Crippen LogP contribution is -2.50. The summed E-state index contributed by atoms with van der Waals surface area (Å²) < 4.78 is 5.20. The van der Waals surface area contributed by atoms with Crippen LogP contribution in [0.2, 0.25) is 0 Å². The fraction of sp³-hybridized carbons (Fsp3) is 0.625. The smallest absolute Gasteiger partial charge is 0.408 e. The largest absolute Gasteiger partial charge is 0.444 e. The molecule has 1 N–H and O–H groups in total. The summed E-state index contributed by atoms with van der Waals surface area (Å²) in [6.07, 6.45) is 0.316. The molecule has 6 heteroatoms. The fourth-order valence-electron chi connectivity index (χ4n) is 2.61. The van der Waals surface area contributed by atoms with E-state index in [4.69, 9.17) is 4.74 Å². The molecule has 2 amide bonds. The molecular formula is C16H24N2O3S. The zero-order chi connectivity index (χ0) is 16.5. The van der Waals surface area contributed by atoms with Gasteiger partial charge in [0.1, 0.15) is 11.6 Å². The Kier molecular flexibility index (Phi) is 4.80. The molecule has 0 saturated heterocycles. The van der Waals surface area contributed by atoms with Crippen LogP contribution in [-0.2, 0) is 16.0 Å². The molecule has 0 saturated carbocycles. The third-order valence-corrected chi connectivity index (χ3v) is 4.66. The molecule has 5 nitrogen and oxygen atoms in total. The van der Waals surface area contributed by atoms with Crippen molar-refractivity contribution in [1.82, 2.24) is 10.2 Å². The van der Waals surface area contributed by atoms with E-state index in [1.165, 1.54) is 10.4 Å². The van der Waals surface area contributed by atoms with Crippen LogP contribution in [0.25, 0.3) is 0 Å². The topological polar surface area (TPSA) is 58.6 Å². The van der Waals surface area contributed by atoms with Crippen LogP contribution in [0, 0.1) is 0 Å². The van der Waals surface area contributed by atoms with Gasteiger partial charge >= 0.3 is 6.09 Å². The molecule has 122 valence electrons. The number of carbonyl (C=O) groups excluding carboxylic acids is 2. The second kappa shape index (κ2) is 6.28. The zero-order valence-electron chi connectivity index (χ0n) is 13.8. The van der Waals surface area contributed by atoms with Gasteiger partial charge < -0.3 is 15.0 Å². The minimum Gasteiger partial charge on any atom is -0.444 e. The number of nitrogens with one attached hydrogen (secondary N) is 1. The summed E-state index contributed by atoms with van der Waals surface area (Å²) in [6, 6.07) is 1.53. The summed E-state index contributed by atoms with van der Waals surface area (Å²) in [4.78, 5) is 27.6. The van der Waals surface area contributed by atoms with Gasteiger partial charge in [-0.2, -0.15) is 0 Å². The van der Waals surface area contributed by atoms with Crippen LogP contribution in [-0.4, -0.2) is 35.1 Å². The first kappa shape index (κ1) is 16.8. The molecule has 1 aliphatic rings. The first-order valence-electron chi connectivity index (χ1n) is 7.55. The predicted molar refractivity (Wildman–Crippen MR) is 87.0 cm³/mol. The molecular weight excluding hydrogens is 300 g/mol. The molecule has 1 aromatic heterocycles. The number of fused-ring (bicyclic) bond motifs is 1. The van der Waals surface area contributed by atoms with Crippen LogP contribution in [0.3, 0.4) is 0 Å². The number of carbonyl (C=O) groups is 2. The highest BCUT2D eigenvalue weighted by atomic mass is 32.1. The van der Waals surface area contributed by atoms with Gasteiger partial charge in [-0.25, -0.2) is 4.79 Å². The molecule has 1 aromatic rings. The van der Waals surface area contributed by atoms with Gasteiger partial charge in [0, 0.05) is 11.4 Å². The molecule has 1 aliphatic heterocycles. The first-order valence-corrected chi connectivity index (χ1v) is 8.43. The van der Waals surface area contributed by atoms with Crippen LogP contribution < -0.4 is 5.32 Å². The number of nitrogens with zero attached hydrogens (tertiary/aromatic N) is 1. The second-order valence-electron chi connectivity index (χ2n) is 6.62. The van der Waals surface area contributed by atoms with Crippen molar-refractivity contribution in [3.05, 3.63) is 21.9 Å². The molecule has 0 aromatic carbocycles. The maximum atomic E-state index is 12.6. The average Bonchev–Trinajstić information content (AvgIpc) is 2.85. The number of rotatable bonds is 2. The monoisotopic (exact) mass is 324 g/mol. The lowest BCUT2D eigenvalue weighted by molar-refractivity contribution is -0.135. The van der Waals surface area contributed by atoms with Crippen LogP contribution >= 0.6 is 11.3 Å². The molecule has 2 rings (SSSR count). The number of amides is 2. The van der Waals surface area contributed by atoms with Crippen molar-refractivity contribution in [3.8, 4) is 0 Å². The number of alkyl carbamates (subject to hydrolysis) is 1. The van der Waals surface area contributed by atoms with E-state index in [0.29, 0.717) is 6.54 Å². The van der Waals surface area contributed by atoms with E-state index >= 15 is 0 Å². The van der Waals surface area contributed by atoms with E-state index < -0.39 is 17.7 Å². The Bertz CT molecular complexity index is 562. The molecule has 0 spiro atoms. The number of thiophene rings is 1. The Morgan fingerprint density at radius 2 is 2.14 bits per heavy atom. The molecule has 0 bridgehead atoms. The van der Waals surface area contributed by atoms with Crippen molar-refractivity contribution in [1.29, 1.82) is 0 Å². The third-order valence-electron chi connectivity index (χ3n) is 3.66. The Balaban J connectivity index is 1.98. The van der Waals surface area contributed by atoms with Crippen LogP contribution in [0.5, 0.6) is 0 Å². The van der Waals surface area contributed by atoms with Gasteiger partial charge in [-0.1, -0.05) is 0 Å². The van der Waals surface area contributed by atoms with E-state index in [1.54, 1.807) is 39.0 Å². The summed E-state index contributed by atoms with van der Waals surface area (Å²) in [6.45, 7) is 9.80. The highest BCUT2D eigenvalue weighted by Crippen LogP contribution is 2.33. The van der Waals surface area contributed by atoms with E-state index in [-0.39, 0.29) is 11.9 Å². The van der Waals surface area contributed by atoms with Crippen molar-refractivity contribution in [2.24, 2.45) is 0 Å². The molecule has 1 unspecified atom stereocenters. The van der Waals surface area contributed by atoms with Crippen LogP contribution in [0.4, 0.5) is 4.79 Å². The molecule has 22 heavy (non-hydrogen) atoms. The molecule has 0 radical (unpaired) electrons. The molecule has 0 fully saturated rings. The number of hydrogen-bond acceptors (Lipinski definition) is 4. The van der Waals surface area contributed by atoms with Crippen molar-refractivity contribution in [3.63, 3.8) is 0 Å². The molecule has 0 aliphatic carbocycles. The first-order chi connectivity index (χ1) is 10.2. The van der Waals surface area contributed by atoms with Gasteiger partial charge in [-0.15, -0.1) is 11.3 Å². The average molecular weight is 324 g/mol. The summed E-state index contributed by atoms with van der Waals surface area (Å²) in [5.74, 6) is -0.0739. The quantitative estimate of drug-likeness (QED) is 0.909. The lowest BCUT2D eigenvalue weighted by atomic mass is 10.0. The van der Waals surface area contributed by atoms with Gasteiger partial charge in [-0.3, -0.25) is 4.79 Å². The summed E-state index contributed by atoms with van der Waals surface area (Å²) >= 11 is 1.74. The molecule has 2 atom stereocenters. The lowest BCUT2D eigenvalue weighted by Gasteiger charge is -2.35.